The summed E-state index contributed by atoms with van der Waals surface area (Å²) in [5.74, 6) is 0. The van der Waals surface area contributed by atoms with Crippen LogP contribution in [-0.4, -0.2) is 15.8 Å². The van der Waals surface area contributed by atoms with Crippen molar-refractivity contribution >= 4 is 0 Å². The van der Waals surface area contributed by atoms with Crippen LogP contribution in [-0.2, 0) is 12.6 Å². The molecule has 108 valence electrons. The minimum Gasteiger partial charge on any atom is -0.328 e. The zero-order valence-electron chi connectivity index (χ0n) is 11.3. The van der Waals surface area contributed by atoms with E-state index in [2.05, 4.69) is 5.10 Å². The number of nitrogens with zero attached hydrogens (tertiary/aromatic N) is 2. The van der Waals surface area contributed by atoms with E-state index in [1.165, 1.54) is 10.9 Å². The fourth-order valence-electron chi connectivity index (χ4n) is 2.01. The second-order valence-electron chi connectivity index (χ2n) is 4.95. The summed E-state index contributed by atoms with van der Waals surface area (Å²) in [4.78, 5) is 0. The molecule has 0 fully saturated rings. The van der Waals surface area contributed by atoms with Crippen molar-refractivity contribution in [2.24, 2.45) is 5.73 Å². The van der Waals surface area contributed by atoms with Gasteiger partial charge in [0.05, 0.1) is 5.69 Å². The van der Waals surface area contributed by atoms with E-state index in [0.717, 1.165) is 17.2 Å². The number of halogens is 3. The molecule has 6 heteroatoms. The Hall–Kier alpha value is -1.82. The molecule has 1 heterocycles. The predicted molar refractivity (Wildman–Crippen MR) is 70.7 cm³/mol. The van der Waals surface area contributed by atoms with Gasteiger partial charge in [-0.25, -0.2) is 4.68 Å². The summed E-state index contributed by atoms with van der Waals surface area (Å²) in [5, 5.41) is 3.59. The molecule has 1 unspecified atom stereocenters. The molecule has 1 aromatic carbocycles. The lowest BCUT2D eigenvalue weighted by Crippen LogP contribution is -2.18. The highest BCUT2D eigenvalue weighted by molar-refractivity contribution is 5.43. The zero-order valence-corrected chi connectivity index (χ0v) is 11.3. The third-order valence-electron chi connectivity index (χ3n) is 2.96. The van der Waals surface area contributed by atoms with Gasteiger partial charge in [0.25, 0.3) is 0 Å². The Kier molecular flexibility index (Phi) is 3.85. The third kappa shape index (κ3) is 3.19. The number of aryl methyl sites for hydroxylation is 1. The van der Waals surface area contributed by atoms with Gasteiger partial charge >= 0.3 is 6.18 Å². The maximum Gasteiger partial charge on any atom is 0.435 e. The first-order valence-corrected chi connectivity index (χ1v) is 6.25. The normalized spacial score (nSPS) is 13.5. The summed E-state index contributed by atoms with van der Waals surface area (Å²) in [6.07, 6.45) is -2.44. The molecular weight excluding hydrogens is 267 g/mol. The summed E-state index contributed by atoms with van der Waals surface area (Å²) in [7, 11) is 0. The molecule has 0 aliphatic rings. The summed E-state index contributed by atoms with van der Waals surface area (Å²) >= 11 is 0. The van der Waals surface area contributed by atoms with E-state index in [-0.39, 0.29) is 6.04 Å². The Morgan fingerprint density at radius 1 is 1.30 bits per heavy atom. The number of alkyl halides is 3. The SMILES string of the molecule is Cc1ccc(CC(C)N)cc1-n1ccc(C(F)(F)F)n1. The maximum absolute atomic E-state index is 12.6. The highest BCUT2D eigenvalue weighted by Gasteiger charge is 2.33. The monoisotopic (exact) mass is 283 g/mol. The molecule has 0 bridgehead atoms. The molecule has 2 aromatic rings. The fourth-order valence-corrected chi connectivity index (χ4v) is 2.01. The Labute approximate surface area is 115 Å². The summed E-state index contributed by atoms with van der Waals surface area (Å²) < 4.78 is 39.0. The first-order valence-electron chi connectivity index (χ1n) is 6.25. The van der Waals surface area contributed by atoms with Crippen LogP contribution in [0.15, 0.2) is 30.5 Å². The van der Waals surface area contributed by atoms with E-state index >= 15 is 0 Å². The molecule has 0 aliphatic carbocycles. The molecule has 1 aromatic heterocycles. The van der Waals surface area contributed by atoms with Crippen molar-refractivity contribution in [1.82, 2.24) is 9.78 Å². The van der Waals surface area contributed by atoms with Crippen LogP contribution in [0.3, 0.4) is 0 Å². The van der Waals surface area contributed by atoms with E-state index in [0.29, 0.717) is 12.1 Å². The van der Waals surface area contributed by atoms with Gasteiger partial charge in [-0.15, -0.1) is 0 Å². The summed E-state index contributed by atoms with van der Waals surface area (Å²) in [6.45, 7) is 3.72. The van der Waals surface area contributed by atoms with E-state index < -0.39 is 11.9 Å². The van der Waals surface area contributed by atoms with Gasteiger partial charge in [0.15, 0.2) is 5.69 Å². The van der Waals surface area contributed by atoms with Gasteiger partial charge < -0.3 is 5.73 Å². The van der Waals surface area contributed by atoms with E-state index in [9.17, 15) is 13.2 Å². The largest absolute Gasteiger partial charge is 0.435 e. The van der Waals surface area contributed by atoms with Crippen LogP contribution in [0.1, 0.15) is 23.7 Å². The van der Waals surface area contributed by atoms with Crippen LogP contribution in [0.5, 0.6) is 0 Å². The number of hydrogen-bond acceptors (Lipinski definition) is 2. The number of benzene rings is 1. The summed E-state index contributed by atoms with van der Waals surface area (Å²) in [5.41, 5.74) is 7.32. The van der Waals surface area contributed by atoms with Gasteiger partial charge in [-0.1, -0.05) is 12.1 Å². The van der Waals surface area contributed by atoms with Crippen molar-refractivity contribution in [3.8, 4) is 5.69 Å². The standard InChI is InChI=1S/C14H16F3N3/c1-9-3-4-11(7-10(2)18)8-12(9)20-6-5-13(19-20)14(15,16)17/h3-6,8,10H,7,18H2,1-2H3. The van der Waals surface area contributed by atoms with Crippen molar-refractivity contribution in [2.45, 2.75) is 32.5 Å². The number of rotatable bonds is 3. The van der Waals surface area contributed by atoms with Crippen LogP contribution in [0.2, 0.25) is 0 Å². The Morgan fingerprint density at radius 3 is 2.55 bits per heavy atom. The van der Waals surface area contributed by atoms with Gasteiger partial charge in [-0.3, -0.25) is 0 Å². The summed E-state index contributed by atoms with van der Waals surface area (Å²) in [6, 6.07) is 6.58. The highest BCUT2D eigenvalue weighted by atomic mass is 19.4. The fraction of sp³-hybridized carbons (Fsp3) is 0.357. The molecule has 0 spiro atoms. The van der Waals surface area contributed by atoms with Crippen LogP contribution in [0, 0.1) is 6.92 Å². The molecule has 0 radical (unpaired) electrons. The molecule has 0 amide bonds. The van der Waals surface area contributed by atoms with Crippen molar-refractivity contribution in [3.63, 3.8) is 0 Å². The van der Waals surface area contributed by atoms with Crippen molar-refractivity contribution in [3.05, 3.63) is 47.3 Å². The van der Waals surface area contributed by atoms with E-state index in [1.54, 1.807) is 0 Å². The van der Waals surface area contributed by atoms with Crippen LogP contribution in [0.4, 0.5) is 13.2 Å². The van der Waals surface area contributed by atoms with Crippen molar-refractivity contribution < 1.29 is 13.2 Å². The molecular formula is C14H16F3N3. The maximum atomic E-state index is 12.6. The minimum absolute atomic E-state index is 0.00564. The quantitative estimate of drug-likeness (QED) is 0.940. The second kappa shape index (κ2) is 5.28. The lowest BCUT2D eigenvalue weighted by atomic mass is 10.0. The number of nitrogens with two attached hydrogens (primary N) is 1. The molecule has 0 saturated heterocycles. The Bertz CT molecular complexity index is 600. The van der Waals surface area contributed by atoms with Gasteiger partial charge in [0.1, 0.15) is 0 Å². The molecule has 0 aliphatic heterocycles. The van der Waals surface area contributed by atoms with E-state index in [1.807, 2.05) is 32.0 Å². The molecule has 2 rings (SSSR count). The van der Waals surface area contributed by atoms with Gasteiger partial charge in [0, 0.05) is 12.2 Å². The van der Waals surface area contributed by atoms with E-state index in [4.69, 9.17) is 5.73 Å². The average molecular weight is 283 g/mol. The van der Waals surface area contributed by atoms with Crippen LogP contribution in [0.25, 0.3) is 5.69 Å². The van der Waals surface area contributed by atoms with Crippen LogP contribution >= 0.6 is 0 Å². The Morgan fingerprint density at radius 2 is 2.00 bits per heavy atom. The zero-order chi connectivity index (χ0) is 14.9. The second-order valence-corrected chi connectivity index (χ2v) is 4.95. The molecule has 3 nitrogen and oxygen atoms in total. The topological polar surface area (TPSA) is 43.8 Å². The number of aromatic nitrogens is 2. The molecule has 0 saturated carbocycles. The lowest BCUT2D eigenvalue weighted by Gasteiger charge is -2.11. The van der Waals surface area contributed by atoms with Gasteiger partial charge in [-0.05, 0) is 43.5 Å². The smallest absolute Gasteiger partial charge is 0.328 e. The number of hydrogen-bond donors (Lipinski definition) is 1. The Balaban J connectivity index is 2.39. The predicted octanol–water partition coefficient (Wildman–Crippen LogP) is 3.09. The van der Waals surface area contributed by atoms with Crippen molar-refractivity contribution in [2.75, 3.05) is 0 Å². The average Bonchev–Trinajstić information content (AvgIpc) is 2.80. The minimum atomic E-state index is -4.43. The molecule has 2 N–H and O–H groups in total. The van der Waals surface area contributed by atoms with Crippen molar-refractivity contribution in [1.29, 1.82) is 0 Å². The van der Waals surface area contributed by atoms with Gasteiger partial charge in [0.2, 0.25) is 0 Å². The van der Waals surface area contributed by atoms with Crippen LogP contribution < -0.4 is 5.73 Å². The third-order valence-corrected chi connectivity index (χ3v) is 2.96. The van der Waals surface area contributed by atoms with Gasteiger partial charge in [-0.2, -0.15) is 18.3 Å². The first-order chi connectivity index (χ1) is 9.27. The lowest BCUT2D eigenvalue weighted by molar-refractivity contribution is -0.141. The molecule has 1 atom stereocenters. The molecule has 20 heavy (non-hydrogen) atoms. The highest BCUT2D eigenvalue weighted by Crippen LogP contribution is 2.28. The first kappa shape index (κ1) is 14.6.